The van der Waals surface area contributed by atoms with E-state index in [2.05, 4.69) is 133 Å². The Labute approximate surface area is 250 Å². The standard InChI is InChI=1S/C40H28N2O/c1-4-12-27(13-5-1)29-20-22-31(23-21-29)40-41-35(30-16-8-3-9-17-30)26-36(42-40)34-24-32(28-14-6-2-7-15-28)25-38-39(34)33-18-10-11-19-37(33)43-38/h1-23,25-26,34H,24H2. The van der Waals surface area contributed by atoms with Crippen LogP contribution in [0.3, 0.4) is 0 Å². The Balaban J connectivity index is 1.30. The summed E-state index contributed by atoms with van der Waals surface area (Å²) in [7, 11) is 0. The first-order valence-corrected chi connectivity index (χ1v) is 14.7. The van der Waals surface area contributed by atoms with Crippen LogP contribution >= 0.6 is 0 Å². The Bertz CT molecular complexity index is 2080. The van der Waals surface area contributed by atoms with Crippen molar-refractivity contribution in [1.29, 1.82) is 0 Å². The summed E-state index contributed by atoms with van der Waals surface area (Å²) in [6.07, 6.45) is 3.03. The second kappa shape index (κ2) is 10.7. The molecule has 0 fully saturated rings. The molecule has 0 amide bonds. The van der Waals surface area contributed by atoms with Gasteiger partial charge in [0.2, 0.25) is 0 Å². The Morgan fingerprint density at radius 1 is 0.535 bits per heavy atom. The smallest absolute Gasteiger partial charge is 0.160 e. The predicted molar refractivity (Wildman–Crippen MR) is 175 cm³/mol. The number of furan rings is 1. The topological polar surface area (TPSA) is 38.9 Å². The first-order valence-electron chi connectivity index (χ1n) is 14.7. The lowest BCUT2D eigenvalue weighted by atomic mass is 9.80. The van der Waals surface area contributed by atoms with Gasteiger partial charge >= 0.3 is 0 Å². The van der Waals surface area contributed by atoms with Gasteiger partial charge in [-0.25, -0.2) is 9.97 Å². The van der Waals surface area contributed by atoms with Crippen molar-refractivity contribution in [1.82, 2.24) is 9.97 Å². The highest BCUT2D eigenvalue weighted by Crippen LogP contribution is 2.46. The zero-order valence-electron chi connectivity index (χ0n) is 23.5. The highest BCUT2D eigenvalue weighted by Gasteiger charge is 2.30. The second-order valence-corrected chi connectivity index (χ2v) is 11.0. The molecule has 3 nitrogen and oxygen atoms in total. The molecule has 0 N–H and O–H groups in total. The third kappa shape index (κ3) is 4.75. The van der Waals surface area contributed by atoms with Gasteiger partial charge in [-0.15, -0.1) is 0 Å². The fourth-order valence-corrected chi connectivity index (χ4v) is 6.17. The molecule has 43 heavy (non-hydrogen) atoms. The largest absolute Gasteiger partial charge is 0.456 e. The summed E-state index contributed by atoms with van der Waals surface area (Å²) in [6.45, 7) is 0. The molecule has 0 saturated heterocycles. The van der Waals surface area contributed by atoms with Crippen molar-refractivity contribution >= 4 is 22.6 Å². The first kappa shape index (κ1) is 25.2. The van der Waals surface area contributed by atoms with Crippen LogP contribution in [-0.4, -0.2) is 9.97 Å². The zero-order chi connectivity index (χ0) is 28.6. The van der Waals surface area contributed by atoms with E-state index in [-0.39, 0.29) is 5.92 Å². The molecule has 7 aromatic rings. The number of allylic oxidation sites excluding steroid dienone is 1. The molecule has 204 valence electrons. The van der Waals surface area contributed by atoms with Gasteiger partial charge in [-0.2, -0.15) is 0 Å². The van der Waals surface area contributed by atoms with Crippen molar-refractivity contribution in [3.63, 3.8) is 0 Å². The Kier molecular flexibility index (Phi) is 6.27. The second-order valence-electron chi connectivity index (χ2n) is 11.0. The van der Waals surface area contributed by atoms with Crippen molar-refractivity contribution < 1.29 is 4.42 Å². The molecule has 0 bridgehead atoms. The van der Waals surface area contributed by atoms with Crippen LogP contribution < -0.4 is 0 Å². The van der Waals surface area contributed by atoms with Gasteiger partial charge in [-0.3, -0.25) is 0 Å². The minimum atomic E-state index is 0.00617. The lowest BCUT2D eigenvalue weighted by Gasteiger charge is -2.24. The van der Waals surface area contributed by atoms with Crippen molar-refractivity contribution in [2.45, 2.75) is 12.3 Å². The molecule has 0 spiro atoms. The molecule has 3 heteroatoms. The number of aromatic nitrogens is 2. The molecule has 1 unspecified atom stereocenters. The molecule has 2 aromatic heterocycles. The highest BCUT2D eigenvalue weighted by atomic mass is 16.3. The maximum Gasteiger partial charge on any atom is 0.160 e. The fourth-order valence-electron chi connectivity index (χ4n) is 6.17. The molecule has 1 aliphatic carbocycles. The van der Waals surface area contributed by atoms with Crippen LogP contribution in [0, 0.1) is 0 Å². The first-order chi connectivity index (χ1) is 21.3. The molecule has 0 saturated carbocycles. The van der Waals surface area contributed by atoms with E-state index in [0.717, 1.165) is 51.5 Å². The minimum Gasteiger partial charge on any atom is -0.456 e. The van der Waals surface area contributed by atoms with Crippen LogP contribution in [0.2, 0.25) is 0 Å². The Morgan fingerprint density at radius 3 is 1.84 bits per heavy atom. The molecule has 8 rings (SSSR count). The van der Waals surface area contributed by atoms with Crippen LogP contribution in [-0.2, 0) is 0 Å². The average molecular weight is 553 g/mol. The van der Waals surface area contributed by atoms with Crippen LogP contribution in [0.15, 0.2) is 150 Å². The average Bonchev–Trinajstić information content (AvgIpc) is 3.47. The summed E-state index contributed by atoms with van der Waals surface area (Å²) >= 11 is 0. The summed E-state index contributed by atoms with van der Waals surface area (Å²) in [5, 5.41) is 1.14. The monoisotopic (exact) mass is 552 g/mol. The fraction of sp³-hybridized carbons (Fsp3) is 0.0500. The Morgan fingerprint density at radius 2 is 1.12 bits per heavy atom. The van der Waals surface area contributed by atoms with Crippen molar-refractivity contribution in [2.75, 3.05) is 0 Å². The van der Waals surface area contributed by atoms with Crippen molar-refractivity contribution in [3.8, 4) is 33.8 Å². The molecular weight excluding hydrogens is 524 g/mol. The van der Waals surface area contributed by atoms with E-state index < -0.39 is 0 Å². The number of fused-ring (bicyclic) bond motifs is 3. The van der Waals surface area contributed by atoms with Crippen molar-refractivity contribution in [2.24, 2.45) is 0 Å². The van der Waals surface area contributed by atoms with Gasteiger partial charge in [-0.05, 0) is 46.9 Å². The summed E-state index contributed by atoms with van der Waals surface area (Å²) in [4.78, 5) is 10.4. The normalized spacial score (nSPS) is 14.3. The summed E-state index contributed by atoms with van der Waals surface area (Å²) < 4.78 is 6.46. The number of nitrogens with zero attached hydrogens (tertiary/aromatic N) is 2. The van der Waals surface area contributed by atoms with E-state index >= 15 is 0 Å². The molecule has 1 aliphatic rings. The van der Waals surface area contributed by atoms with E-state index in [0.29, 0.717) is 0 Å². The molecule has 1 atom stereocenters. The number of benzene rings is 5. The zero-order valence-corrected chi connectivity index (χ0v) is 23.5. The van der Waals surface area contributed by atoms with Gasteiger partial charge in [0.05, 0.1) is 11.4 Å². The summed E-state index contributed by atoms with van der Waals surface area (Å²) in [6, 6.07) is 50.5. The molecular formula is C40H28N2O. The van der Waals surface area contributed by atoms with E-state index in [1.807, 2.05) is 18.2 Å². The van der Waals surface area contributed by atoms with Crippen LogP contribution in [0.1, 0.15) is 34.9 Å². The van der Waals surface area contributed by atoms with Gasteiger partial charge in [0, 0.05) is 28.0 Å². The van der Waals surface area contributed by atoms with Crippen LogP contribution in [0.5, 0.6) is 0 Å². The molecule has 0 aliphatic heterocycles. The summed E-state index contributed by atoms with van der Waals surface area (Å²) in [5.74, 6) is 1.64. The van der Waals surface area contributed by atoms with E-state index in [1.165, 1.54) is 27.8 Å². The van der Waals surface area contributed by atoms with Crippen LogP contribution in [0.25, 0.3) is 56.4 Å². The summed E-state index contributed by atoms with van der Waals surface area (Å²) in [5.41, 5.74) is 10.9. The van der Waals surface area contributed by atoms with Gasteiger partial charge < -0.3 is 4.42 Å². The molecule has 5 aromatic carbocycles. The third-order valence-corrected chi connectivity index (χ3v) is 8.31. The number of para-hydroxylation sites is 1. The SMILES string of the molecule is C1=C(c2ccccc2)CC(c2cc(-c3ccccc3)nc(-c3ccc(-c4ccccc4)cc3)n2)c2c1oc1ccccc21. The lowest BCUT2D eigenvalue weighted by molar-refractivity contribution is 0.589. The molecule has 0 radical (unpaired) electrons. The van der Waals surface area contributed by atoms with E-state index in [9.17, 15) is 0 Å². The van der Waals surface area contributed by atoms with Gasteiger partial charge in [0.15, 0.2) is 5.82 Å². The molecule has 2 heterocycles. The number of rotatable bonds is 5. The van der Waals surface area contributed by atoms with E-state index in [4.69, 9.17) is 14.4 Å². The highest BCUT2D eigenvalue weighted by molar-refractivity contribution is 5.93. The van der Waals surface area contributed by atoms with Gasteiger partial charge in [0.1, 0.15) is 11.3 Å². The number of hydrogen-bond acceptors (Lipinski definition) is 3. The lowest BCUT2D eigenvalue weighted by Crippen LogP contribution is -2.11. The van der Waals surface area contributed by atoms with Crippen molar-refractivity contribution in [3.05, 3.63) is 168 Å². The van der Waals surface area contributed by atoms with Crippen LogP contribution in [0.4, 0.5) is 0 Å². The van der Waals surface area contributed by atoms with Gasteiger partial charge in [-0.1, -0.05) is 133 Å². The minimum absolute atomic E-state index is 0.00617. The number of hydrogen-bond donors (Lipinski definition) is 0. The third-order valence-electron chi connectivity index (χ3n) is 8.31. The quantitative estimate of drug-likeness (QED) is 0.213. The Hall–Kier alpha value is -5.54. The van der Waals surface area contributed by atoms with Gasteiger partial charge in [0.25, 0.3) is 0 Å². The maximum absolute atomic E-state index is 6.46. The predicted octanol–water partition coefficient (Wildman–Crippen LogP) is 10.3. The van der Waals surface area contributed by atoms with E-state index in [1.54, 1.807) is 0 Å². The maximum atomic E-state index is 6.46.